The molecule has 25 heavy (non-hydrogen) atoms. The van der Waals surface area contributed by atoms with Gasteiger partial charge in [0.15, 0.2) is 11.5 Å². The molecule has 0 bridgehead atoms. The number of benzene rings is 2. The first-order valence-corrected chi connectivity index (χ1v) is 7.47. The summed E-state index contributed by atoms with van der Waals surface area (Å²) in [6, 6.07) is 8.73. The molecule has 1 aliphatic heterocycles. The summed E-state index contributed by atoms with van der Waals surface area (Å²) in [6.45, 7) is 1.90. The van der Waals surface area contributed by atoms with Crippen molar-refractivity contribution in [1.29, 1.82) is 0 Å². The number of hydrogen-bond acceptors (Lipinski definition) is 3. The maximum atomic E-state index is 12.7. The van der Waals surface area contributed by atoms with Gasteiger partial charge in [-0.25, -0.2) is 4.79 Å². The molecular weight excluding hydrogens is 337 g/mol. The zero-order valence-corrected chi connectivity index (χ0v) is 13.2. The van der Waals surface area contributed by atoms with Gasteiger partial charge in [-0.05, 0) is 42.8 Å². The molecule has 1 aliphatic rings. The Kier molecular flexibility index (Phi) is 4.43. The molecule has 5 nitrogen and oxygen atoms in total. The average molecular weight is 352 g/mol. The summed E-state index contributed by atoms with van der Waals surface area (Å²) in [6.07, 6.45) is -4.46. The van der Waals surface area contributed by atoms with Crippen LogP contribution >= 0.6 is 0 Å². The molecule has 0 saturated heterocycles. The van der Waals surface area contributed by atoms with E-state index in [2.05, 4.69) is 10.6 Å². The Morgan fingerprint density at radius 2 is 1.88 bits per heavy atom. The van der Waals surface area contributed by atoms with Gasteiger partial charge in [-0.3, -0.25) is 0 Å². The van der Waals surface area contributed by atoms with E-state index in [0.717, 1.165) is 17.7 Å². The molecular formula is C17H15F3N2O3. The van der Waals surface area contributed by atoms with Crippen LogP contribution in [0.2, 0.25) is 0 Å². The van der Waals surface area contributed by atoms with Crippen LogP contribution in [0.5, 0.6) is 11.5 Å². The molecule has 3 rings (SSSR count). The van der Waals surface area contributed by atoms with E-state index < -0.39 is 17.8 Å². The van der Waals surface area contributed by atoms with E-state index in [1.54, 1.807) is 25.1 Å². The highest BCUT2D eigenvalue weighted by molar-refractivity contribution is 5.89. The molecule has 0 saturated carbocycles. The monoisotopic (exact) mass is 352 g/mol. The highest BCUT2D eigenvalue weighted by atomic mass is 19.4. The number of nitrogens with one attached hydrogen (secondary N) is 2. The summed E-state index contributed by atoms with van der Waals surface area (Å²) in [5.74, 6) is 1.22. The van der Waals surface area contributed by atoms with Crippen LogP contribution in [0.25, 0.3) is 0 Å². The van der Waals surface area contributed by atoms with E-state index in [1.165, 1.54) is 12.1 Å². The van der Waals surface area contributed by atoms with E-state index in [0.29, 0.717) is 11.5 Å². The van der Waals surface area contributed by atoms with Crippen molar-refractivity contribution in [3.63, 3.8) is 0 Å². The molecule has 2 aromatic rings. The number of anilines is 1. The molecule has 1 heterocycles. The topological polar surface area (TPSA) is 59.6 Å². The summed E-state index contributed by atoms with van der Waals surface area (Å²) in [5.41, 5.74) is 0.0165. The summed E-state index contributed by atoms with van der Waals surface area (Å²) in [4.78, 5) is 12.0. The zero-order chi connectivity index (χ0) is 18.0. The predicted octanol–water partition coefficient (Wildman–Crippen LogP) is 4.32. The molecule has 0 radical (unpaired) electrons. The van der Waals surface area contributed by atoms with Crippen LogP contribution in [0, 0.1) is 0 Å². The normalized spacial score (nSPS) is 14.1. The Bertz CT molecular complexity index is 793. The number of rotatable bonds is 3. The van der Waals surface area contributed by atoms with E-state index in [-0.39, 0.29) is 18.5 Å². The molecule has 2 amide bonds. The molecule has 0 aromatic heterocycles. The third-order valence-electron chi connectivity index (χ3n) is 3.69. The van der Waals surface area contributed by atoms with Crippen molar-refractivity contribution >= 4 is 11.7 Å². The Balaban J connectivity index is 1.64. The molecule has 0 fully saturated rings. The highest BCUT2D eigenvalue weighted by Crippen LogP contribution is 2.34. The van der Waals surface area contributed by atoms with Gasteiger partial charge >= 0.3 is 12.2 Å². The second-order valence-electron chi connectivity index (χ2n) is 5.51. The summed E-state index contributed by atoms with van der Waals surface area (Å²) < 4.78 is 48.6. The highest BCUT2D eigenvalue weighted by Gasteiger charge is 2.30. The lowest BCUT2D eigenvalue weighted by molar-refractivity contribution is -0.137. The van der Waals surface area contributed by atoms with Crippen LogP contribution in [-0.4, -0.2) is 12.8 Å². The molecule has 1 atom stereocenters. The number of carbonyl (C=O) groups is 1. The van der Waals surface area contributed by atoms with Crippen molar-refractivity contribution in [2.45, 2.75) is 19.1 Å². The number of halogens is 3. The fourth-order valence-electron chi connectivity index (χ4n) is 2.40. The van der Waals surface area contributed by atoms with E-state index in [4.69, 9.17) is 9.47 Å². The maximum absolute atomic E-state index is 12.7. The van der Waals surface area contributed by atoms with Crippen molar-refractivity contribution in [2.24, 2.45) is 0 Å². The van der Waals surface area contributed by atoms with Crippen LogP contribution in [0.15, 0.2) is 42.5 Å². The standard InChI is InChI=1S/C17H15F3N2O3/c1-10(11-5-6-14-15(7-11)25-9-24-14)21-16(23)22-13-4-2-3-12(8-13)17(18,19)20/h2-8,10H,9H2,1H3,(H2,21,22,23). The predicted molar refractivity (Wildman–Crippen MR) is 84.6 cm³/mol. The van der Waals surface area contributed by atoms with Gasteiger partial charge < -0.3 is 20.1 Å². The van der Waals surface area contributed by atoms with Crippen molar-refractivity contribution < 1.29 is 27.4 Å². The molecule has 132 valence electrons. The maximum Gasteiger partial charge on any atom is 0.416 e. The third kappa shape index (κ3) is 3.96. The van der Waals surface area contributed by atoms with Crippen LogP contribution in [0.1, 0.15) is 24.1 Å². The Labute approximate surface area is 141 Å². The minimum Gasteiger partial charge on any atom is -0.454 e. The van der Waals surface area contributed by atoms with Gasteiger partial charge in [0.25, 0.3) is 0 Å². The lowest BCUT2D eigenvalue weighted by Gasteiger charge is -2.16. The van der Waals surface area contributed by atoms with Gasteiger partial charge in [-0.2, -0.15) is 13.2 Å². The summed E-state index contributed by atoms with van der Waals surface area (Å²) >= 11 is 0. The SMILES string of the molecule is CC(NC(=O)Nc1cccc(C(F)(F)F)c1)c1ccc2c(c1)OCO2. The van der Waals surface area contributed by atoms with Crippen molar-refractivity contribution in [3.05, 3.63) is 53.6 Å². The van der Waals surface area contributed by atoms with Crippen LogP contribution in [0.3, 0.4) is 0 Å². The van der Waals surface area contributed by atoms with Crippen LogP contribution in [0.4, 0.5) is 23.7 Å². The lowest BCUT2D eigenvalue weighted by Crippen LogP contribution is -2.31. The lowest BCUT2D eigenvalue weighted by atomic mass is 10.1. The van der Waals surface area contributed by atoms with E-state index in [9.17, 15) is 18.0 Å². The number of carbonyl (C=O) groups excluding carboxylic acids is 1. The second kappa shape index (κ2) is 6.54. The fraction of sp³-hybridized carbons (Fsp3) is 0.235. The van der Waals surface area contributed by atoms with Gasteiger partial charge in [0.05, 0.1) is 11.6 Å². The minimum atomic E-state index is -4.46. The molecule has 2 N–H and O–H groups in total. The van der Waals surface area contributed by atoms with Crippen LogP contribution in [-0.2, 0) is 6.18 Å². The smallest absolute Gasteiger partial charge is 0.416 e. The number of alkyl halides is 3. The summed E-state index contributed by atoms with van der Waals surface area (Å²) in [7, 11) is 0. The molecule has 8 heteroatoms. The average Bonchev–Trinajstić information content (AvgIpc) is 3.01. The summed E-state index contributed by atoms with van der Waals surface area (Å²) in [5, 5.41) is 5.07. The van der Waals surface area contributed by atoms with Crippen molar-refractivity contribution in [2.75, 3.05) is 12.1 Å². The zero-order valence-electron chi connectivity index (χ0n) is 13.2. The molecule has 0 aliphatic carbocycles. The Morgan fingerprint density at radius 1 is 1.12 bits per heavy atom. The number of hydrogen-bond donors (Lipinski definition) is 2. The first-order chi connectivity index (χ1) is 11.8. The number of fused-ring (bicyclic) bond motifs is 1. The Hall–Kier alpha value is -2.90. The van der Waals surface area contributed by atoms with Gasteiger partial charge in [-0.15, -0.1) is 0 Å². The molecule has 2 aromatic carbocycles. The Morgan fingerprint density at radius 3 is 2.64 bits per heavy atom. The first-order valence-electron chi connectivity index (χ1n) is 7.47. The fourth-order valence-corrected chi connectivity index (χ4v) is 2.40. The second-order valence-corrected chi connectivity index (χ2v) is 5.51. The quantitative estimate of drug-likeness (QED) is 0.865. The number of ether oxygens (including phenoxy) is 2. The van der Waals surface area contributed by atoms with Gasteiger partial charge in [0.2, 0.25) is 6.79 Å². The van der Waals surface area contributed by atoms with E-state index >= 15 is 0 Å². The van der Waals surface area contributed by atoms with E-state index in [1.807, 2.05) is 0 Å². The molecule has 0 spiro atoms. The van der Waals surface area contributed by atoms with Crippen molar-refractivity contribution in [3.8, 4) is 11.5 Å². The van der Waals surface area contributed by atoms with Gasteiger partial charge in [0, 0.05) is 5.69 Å². The van der Waals surface area contributed by atoms with Gasteiger partial charge in [-0.1, -0.05) is 12.1 Å². The van der Waals surface area contributed by atoms with Crippen LogP contribution < -0.4 is 20.1 Å². The van der Waals surface area contributed by atoms with Gasteiger partial charge in [0.1, 0.15) is 0 Å². The van der Waals surface area contributed by atoms with Crippen molar-refractivity contribution in [1.82, 2.24) is 5.32 Å². The largest absolute Gasteiger partial charge is 0.454 e. The minimum absolute atomic E-state index is 0.0604. The first kappa shape index (κ1) is 16.9. The third-order valence-corrected chi connectivity index (χ3v) is 3.69. The number of urea groups is 1. The molecule has 1 unspecified atom stereocenters. The number of amides is 2.